The number of fused-ring (bicyclic) bond motifs is 1. The zero-order chi connectivity index (χ0) is 19.5. The number of amides is 2. The fourth-order valence-corrected chi connectivity index (χ4v) is 3.93. The van der Waals surface area contributed by atoms with Crippen LogP contribution >= 0.6 is 11.3 Å². The summed E-state index contributed by atoms with van der Waals surface area (Å²) >= 11 is 1.59. The number of thiazole rings is 1. The van der Waals surface area contributed by atoms with Gasteiger partial charge in [0, 0.05) is 18.8 Å². The minimum atomic E-state index is -0.710. The molecule has 1 saturated heterocycles. The van der Waals surface area contributed by atoms with Crippen LogP contribution < -0.4 is 15.5 Å². The fraction of sp³-hybridized carbons (Fsp3) is 0.316. The highest BCUT2D eigenvalue weighted by Crippen LogP contribution is 2.31. The summed E-state index contributed by atoms with van der Waals surface area (Å²) in [5.74, 6) is -0.570. The Bertz CT molecular complexity index is 979. The molecule has 1 aliphatic rings. The molecule has 0 radical (unpaired) electrons. The maximum atomic E-state index is 12.4. The second-order valence-electron chi connectivity index (χ2n) is 6.44. The molecule has 4 rings (SSSR count). The SMILES string of the molecule is C[C@@H](NC(=O)c1ccco1)C(=O)Nc1ccc2nc(N3CCOCC3)sc2c1. The molecular weight excluding hydrogens is 380 g/mol. The predicted octanol–water partition coefficient (Wildman–Crippen LogP) is 2.48. The molecule has 1 fully saturated rings. The highest BCUT2D eigenvalue weighted by atomic mass is 32.1. The normalized spacial score (nSPS) is 15.4. The lowest BCUT2D eigenvalue weighted by molar-refractivity contribution is -0.117. The highest BCUT2D eigenvalue weighted by Gasteiger charge is 2.19. The molecular formula is C19H20N4O4S. The van der Waals surface area contributed by atoms with E-state index in [-0.39, 0.29) is 11.7 Å². The molecule has 2 N–H and O–H groups in total. The van der Waals surface area contributed by atoms with Crippen molar-refractivity contribution in [1.29, 1.82) is 0 Å². The summed E-state index contributed by atoms with van der Waals surface area (Å²) in [5.41, 5.74) is 1.55. The molecule has 146 valence electrons. The lowest BCUT2D eigenvalue weighted by atomic mass is 10.2. The van der Waals surface area contributed by atoms with Crippen molar-refractivity contribution in [3.8, 4) is 0 Å². The van der Waals surface area contributed by atoms with Gasteiger partial charge in [0.15, 0.2) is 10.9 Å². The van der Waals surface area contributed by atoms with Crippen LogP contribution in [0.5, 0.6) is 0 Å². The molecule has 8 nitrogen and oxygen atoms in total. The summed E-state index contributed by atoms with van der Waals surface area (Å²) < 4.78 is 11.4. The topological polar surface area (TPSA) is 96.7 Å². The second-order valence-corrected chi connectivity index (χ2v) is 7.45. The average molecular weight is 400 g/mol. The third-order valence-electron chi connectivity index (χ3n) is 4.41. The summed E-state index contributed by atoms with van der Waals surface area (Å²) in [6, 6.07) is 8.05. The van der Waals surface area contributed by atoms with E-state index >= 15 is 0 Å². The maximum Gasteiger partial charge on any atom is 0.287 e. The van der Waals surface area contributed by atoms with E-state index in [0.29, 0.717) is 18.9 Å². The van der Waals surface area contributed by atoms with E-state index in [4.69, 9.17) is 9.15 Å². The van der Waals surface area contributed by atoms with Crippen LogP contribution in [0, 0.1) is 0 Å². The Morgan fingerprint density at radius 2 is 2.07 bits per heavy atom. The van der Waals surface area contributed by atoms with E-state index in [1.807, 2.05) is 18.2 Å². The summed E-state index contributed by atoms with van der Waals surface area (Å²) in [7, 11) is 0. The van der Waals surface area contributed by atoms with Crippen LogP contribution in [0.3, 0.4) is 0 Å². The van der Waals surface area contributed by atoms with Crippen molar-refractivity contribution < 1.29 is 18.7 Å². The van der Waals surface area contributed by atoms with Gasteiger partial charge < -0.3 is 24.7 Å². The van der Waals surface area contributed by atoms with Crippen LogP contribution in [0.15, 0.2) is 41.0 Å². The summed E-state index contributed by atoms with van der Waals surface area (Å²) in [4.78, 5) is 31.3. The number of furan rings is 1. The Kier molecular flexibility index (Phi) is 5.27. The number of carbonyl (C=O) groups is 2. The van der Waals surface area contributed by atoms with Crippen LogP contribution in [0.2, 0.25) is 0 Å². The number of morpholine rings is 1. The number of hydrogen-bond acceptors (Lipinski definition) is 7. The van der Waals surface area contributed by atoms with Gasteiger partial charge >= 0.3 is 0 Å². The number of hydrogen-bond donors (Lipinski definition) is 2. The molecule has 0 spiro atoms. The molecule has 9 heteroatoms. The Morgan fingerprint density at radius 3 is 2.82 bits per heavy atom. The highest BCUT2D eigenvalue weighted by molar-refractivity contribution is 7.22. The molecule has 1 aromatic carbocycles. The minimum Gasteiger partial charge on any atom is -0.459 e. The van der Waals surface area contributed by atoms with Gasteiger partial charge in [-0.2, -0.15) is 0 Å². The van der Waals surface area contributed by atoms with Gasteiger partial charge in [0.1, 0.15) is 6.04 Å². The number of benzene rings is 1. The quantitative estimate of drug-likeness (QED) is 0.683. The van der Waals surface area contributed by atoms with Gasteiger partial charge in [0.2, 0.25) is 5.91 Å². The number of anilines is 2. The Morgan fingerprint density at radius 1 is 1.25 bits per heavy atom. The number of aromatic nitrogens is 1. The van der Waals surface area contributed by atoms with Crippen LogP contribution in [0.25, 0.3) is 10.2 Å². The van der Waals surface area contributed by atoms with Gasteiger partial charge in [-0.15, -0.1) is 0 Å². The van der Waals surface area contributed by atoms with Crippen molar-refractivity contribution in [3.63, 3.8) is 0 Å². The smallest absolute Gasteiger partial charge is 0.287 e. The van der Waals surface area contributed by atoms with Crippen LogP contribution in [0.4, 0.5) is 10.8 Å². The number of ether oxygens (including phenoxy) is 1. The maximum absolute atomic E-state index is 12.4. The van der Waals surface area contributed by atoms with Crippen molar-refractivity contribution in [2.24, 2.45) is 0 Å². The molecule has 0 bridgehead atoms. The van der Waals surface area contributed by atoms with E-state index in [1.165, 1.54) is 6.26 Å². The fourth-order valence-electron chi connectivity index (χ4n) is 2.87. The van der Waals surface area contributed by atoms with Gasteiger partial charge in [0.05, 0.1) is 29.7 Å². The number of carbonyl (C=O) groups excluding carboxylic acids is 2. The monoisotopic (exact) mass is 400 g/mol. The zero-order valence-corrected chi connectivity index (χ0v) is 16.1. The lowest BCUT2D eigenvalue weighted by Crippen LogP contribution is -2.41. The number of nitrogens with one attached hydrogen (secondary N) is 2. The first-order chi connectivity index (χ1) is 13.6. The molecule has 3 aromatic rings. The average Bonchev–Trinajstić information content (AvgIpc) is 3.38. The van der Waals surface area contributed by atoms with E-state index < -0.39 is 11.9 Å². The number of nitrogens with zero attached hydrogens (tertiary/aromatic N) is 2. The van der Waals surface area contributed by atoms with Gasteiger partial charge in [-0.1, -0.05) is 11.3 Å². The molecule has 0 saturated carbocycles. The van der Waals surface area contributed by atoms with Crippen molar-refractivity contribution >= 4 is 44.2 Å². The lowest BCUT2D eigenvalue weighted by Gasteiger charge is -2.25. The summed E-state index contributed by atoms with van der Waals surface area (Å²) in [6.45, 7) is 4.70. The second kappa shape index (κ2) is 7.99. The van der Waals surface area contributed by atoms with Crippen molar-refractivity contribution in [2.45, 2.75) is 13.0 Å². The molecule has 2 aromatic heterocycles. The van der Waals surface area contributed by atoms with Crippen LogP contribution in [0.1, 0.15) is 17.5 Å². The third kappa shape index (κ3) is 4.00. The molecule has 28 heavy (non-hydrogen) atoms. The predicted molar refractivity (Wildman–Crippen MR) is 107 cm³/mol. The Labute approximate surface area is 165 Å². The molecule has 1 aliphatic heterocycles. The van der Waals surface area contributed by atoms with E-state index in [2.05, 4.69) is 20.5 Å². The van der Waals surface area contributed by atoms with Crippen molar-refractivity contribution in [3.05, 3.63) is 42.4 Å². The summed E-state index contributed by atoms with van der Waals surface area (Å²) in [6.07, 6.45) is 1.41. The van der Waals surface area contributed by atoms with Crippen molar-refractivity contribution in [2.75, 3.05) is 36.5 Å². The first-order valence-electron chi connectivity index (χ1n) is 8.99. The van der Waals surface area contributed by atoms with Crippen molar-refractivity contribution in [1.82, 2.24) is 10.3 Å². The van der Waals surface area contributed by atoms with Gasteiger partial charge in [0.25, 0.3) is 5.91 Å². The van der Waals surface area contributed by atoms with E-state index in [9.17, 15) is 9.59 Å². The van der Waals surface area contributed by atoms with Gasteiger partial charge in [-0.3, -0.25) is 9.59 Å². The van der Waals surface area contributed by atoms with E-state index in [1.54, 1.807) is 30.4 Å². The Hall–Kier alpha value is -2.91. The molecule has 0 unspecified atom stereocenters. The number of rotatable bonds is 5. The van der Waals surface area contributed by atoms with E-state index in [0.717, 1.165) is 28.4 Å². The Balaban J connectivity index is 1.42. The van der Waals surface area contributed by atoms with Gasteiger partial charge in [-0.05, 0) is 37.3 Å². The third-order valence-corrected chi connectivity index (χ3v) is 5.49. The largest absolute Gasteiger partial charge is 0.459 e. The van der Waals surface area contributed by atoms with Crippen LogP contribution in [-0.2, 0) is 9.53 Å². The van der Waals surface area contributed by atoms with Gasteiger partial charge in [-0.25, -0.2) is 4.98 Å². The molecule has 3 heterocycles. The molecule has 0 aliphatic carbocycles. The minimum absolute atomic E-state index is 0.168. The molecule has 2 amide bonds. The van der Waals surface area contributed by atoms with Crippen LogP contribution in [-0.4, -0.2) is 49.1 Å². The first kappa shape index (κ1) is 18.5. The molecule has 1 atom stereocenters. The standard InChI is InChI=1S/C19H20N4O4S/c1-12(20-18(25)15-3-2-8-27-15)17(24)21-13-4-5-14-16(11-13)28-19(22-14)23-6-9-26-10-7-23/h2-5,8,11-12H,6-7,9-10H2,1H3,(H,20,25)(H,21,24)/t12-/m1/s1. The zero-order valence-electron chi connectivity index (χ0n) is 15.3. The first-order valence-corrected chi connectivity index (χ1v) is 9.80. The summed E-state index contributed by atoms with van der Waals surface area (Å²) in [5, 5.41) is 6.41.